The van der Waals surface area contributed by atoms with Crippen molar-refractivity contribution in [2.45, 2.75) is 6.42 Å². The number of esters is 1. The van der Waals surface area contributed by atoms with Gasteiger partial charge in [-0.05, 0) is 35.9 Å². The molecule has 0 atom stereocenters. The number of carboxylic acid groups (broad SMARTS) is 1. The number of amides is 1. The number of rotatable bonds is 5. The maximum Gasteiger partial charge on any atom is 0.337 e. The number of aliphatic carboxylic acids is 1. The molecule has 2 aromatic carbocycles. The lowest BCUT2D eigenvalue weighted by molar-refractivity contribution is -0.136. The van der Waals surface area contributed by atoms with Crippen molar-refractivity contribution in [2.24, 2.45) is 0 Å². The Balaban J connectivity index is 2.31. The molecule has 2 N–H and O–H groups in total. The van der Waals surface area contributed by atoms with Crippen LogP contribution in [-0.2, 0) is 16.0 Å². The van der Waals surface area contributed by atoms with E-state index in [0.29, 0.717) is 16.8 Å². The van der Waals surface area contributed by atoms with Gasteiger partial charge in [0, 0.05) is 11.3 Å². The summed E-state index contributed by atoms with van der Waals surface area (Å²) in [5, 5.41) is 11.7. The van der Waals surface area contributed by atoms with E-state index < -0.39 is 11.9 Å². The molecule has 6 heteroatoms. The fourth-order valence-electron chi connectivity index (χ4n) is 2.05. The highest BCUT2D eigenvalue weighted by Crippen LogP contribution is 2.20. The average molecular weight is 313 g/mol. The second-order valence-electron chi connectivity index (χ2n) is 4.75. The van der Waals surface area contributed by atoms with Gasteiger partial charge in [0.1, 0.15) is 0 Å². The number of nitrogens with one attached hydrogen (secondary N) is 1. The van der Waals surface area contributed by atoms with E-state index in [1.807, 2.05) is 0 Å². The van der Waals surface area contributed by atoms with Crippen LogP contribution in [0.5, 0.6) is 0 Å². The minimum absolute atomic E-state index is 0.224. The molecule has 2 rings (SSSR count). The van der Waals surface area contributed by atoms with Gasteiger partial charge in [-0.3, -0.25) is 9.59 Å². The van der Waals surface area contributed by atoms with Gasteiger partial charge in [0.15, 0.2) is 0 Å². The van der Waals surface area contributed by atoms with E-state index >= 15 is 0 Å². The molecule has 2 aromatic rings. The Bertz CT molecular complexity index is 740. The third kappa shape index (κ3) is 4.16. The van der Waals surface area contributed by atoms with Gasteiger partial charge >= 0.3 is 11.9 Å². The lowest BCUT2D eigenvalue weighted by Gasteiger charge is -2.11. The summed E-state index contributed by atoms with van der Waals surface area (Å²) in [5.41, 5.74) is 1.34. The molecular weight excluding hydrogens is 298 g/mol. The molecule has 0 spiro atoms. The molecule has 118 valence electrons. The van der Waals surface area contributed by atoms with Gasteiger partial charge in [-0.25, -0.2) is 4.79 Å². The Morgan fingerprint density at radius 3 is 2.35 bits per heavy atom. The van der Waals surface area contributed by atoms with Crippen LogP contribution in [0.3, 0.4) is 0 Å². The Labute approximate surface area is 132 Å². The molecule has 23 heavy (non-hydrogen) atoms. The molecule has 0 radical (unpaired) electrons. The van der Waals surface area contributed by atoms with Crippen LogP contribution in [0.4, 0.5) is 5.69 Å². The van der Waals surface area contributed by atoms with Crippen molar-refractivity contribution in [1.82, 2.24) is 0 Å². The Morgan fingerprint density at radius 2 is 1.74 bits per heavy atom. The SMILES string of the molecule is COC(=O)c1ccc(NC(=O)c2ccccc2)c(CC(=O)O)c1. The first-order chi connectivity index (χ1) is 11.0. The molecule has 0 aliphatic heterocycles. The van der Waals surface area contributed by atoms with Crippen LogP contribution in [0.15, 0.2) is 48.5 Å². The molecule has 6 nitrogen and oxygen atoms in total. The smallest absolute Gasteiger partial charge is 0.337 e. The second kappa shape index (κ2) is 7.22. The largest absolute Gasteiger partial charge is 0.481 e. The minimum atomic E-state index is -1.07. The maximum atomic E-state index is 12.2. The molecule has 1 amide bonds. The fourth-order valence-corrected chi connectivity index (χ4v) is 2.05. The summed E-state index contributed by atoms with van der Waals surface area (Å²) in [7, 11) is 1.24. The first-order valence-corrected chi connectivity index (χ1v) is 6.80. The van der Waals surface area contributed by atoms with Gasteiger partial charge in [0.2, 0.25) is 0 Å². The first kappa shape index (κ1) is 16.2. The summed E-state index contributed by atoms with van der Waals surface area (Å²) in [4.78, 5) is 34.7. The van der Waals surface area contributed by atoms with Gasteiger partial charge in [0.05, 0.1) is 19.1 Å². The van der Waals surface area contributed by atoms with Crippen LogP contribution in [0.25, 0.3) is 0 Å². The van der Waals surface area contributed by atoms with Crippen molar-refractivity contribution >= 4 is 23.5 Å². The van der Waals surface area contributed by atoms with Gasteiger partial charge in [0.25, 0.3) is 5.91 Å². The monoisotopic (exact) mass is 313 g/mol. The molecule has 0 aliphatic carbocycles. The summed E-state index contributed by atoms with van der Waals surface area (Å²) in [6.45, 7) is 0. The van der Waals surface area contributed by atoms with Gasteiger partial charge < -0.3 is 15.2 Å². The van der Waals surface area contributed by atoms with E-state index in [4.69, 9.17) is 5.11 Å². The van der Waals surface area contributed by atoms with E-state index in [1.54, 1.807) is 30.3 Å². The average Bonchev–Trinajstić information content (AvgIpc) is 2.56. The Hall–Kier alpha value is -3.15. The highest BCUT2D eigenvalue weighted by Gasteiger charge is 2.14. The van der Waals surface area contributed by atoms with Crippen molar-refractivity contribution in [3.63, 3.8) is 0 Å². The van der Waals surface area contributed by atoms with E-state index in [-0.39, 0.29) is 17.9 Å². The minimum Gasteiger partial charge on any atom is -0.481 e. The summed E-state index contributed by atoms with van der Waals surface area (Å²) in [5.74, 6) is -2.00. The molecule has 0 unspecified atom stereocenters. The van der Waals surface area contributed by atoms with Crippen LogP contribution < -0.4 is 5.32 Å². The lowest BCUT2D eigenvalue weighted by atomic mass is 10.0. The quantitative estimate of drug-likeness (QED) is 0.827. The van der Waals surface area contributed by atoms with Crippen LogP contribution in [-0.4, -0.2) is 30.1 Å². The Morgan fingerprint density at radius 1 is 1.04 bits per heavy atom. The maximum absolute atomic E-state index is 12.2. The number of hydrogen-bond donors (Lipinski definition) is 2. The molecule has 0 saturated heterocycles. The molecule has 0 heterocycles. The summed E-state index contributed by atoms with van der Waals surface area (Å²) in [6.07, 6.45) is -0.324. The fraction of sp³-hybridized carbons (Fsp3) is 0.118. The number of ether oxygens (including phenoxy) is 1. The third-order valence-corrected chi connectivity index (χ3v) is 3.15. The highest BCUT2D eigenvalue weighted by atomic mass is 16.5. The van der Waals surface area contributed by atoms with E-state index in [2.05, 4.69) is 10.1 Å². The van der Waals surface area contributed by atoms with Crippen LogP contribution in [0.1, 0.15) is 26.3 Å². The third-order valence-electron chi connectivity index (χ3n) is 3.15. The van der Waals surface area contributed by atoms with Crippen LogP contribution >= 0.6 is 0 Å². The molecule has 0 fully saturated rings. The van der Waals surface area contributed by atoms with E-state index in [1.165, 1.54) is 25.3 Å². The summed E-state index contributed by atoms with van der Waals surface area (Å²) < 4.78 is 4.61. The topological polar surface area (TPSA) is 92.7 Å². The van der Waals surface area contributed by atoms with Gasteiger partial charge in [-0.2, -0.15) is 0 Å². The molecule has 0 bridgehead atoms. The van der Waals surface area contributed by atoms with Crippen molar-refractivity contribution < 1.29 is 24.2 Å². The lowest BCUT2D eigenvalue weighted by Crippen LogP contribution is -2.15. The normalized spacial score (nSPS) is 9.96. The number of methoxy groups -OCH3 is 1. The number of anilines is 1. The molecule has 0 aromatic heterocycles. The zero-order chi connectivity index (χ0) is 16.8. The summed E-state index contributed by atoms with van der Waals surface area (Å²) in [6, 6.07) is 12.9. The zero-order valence-electron chi connectivity index (χ0n) is 12.4. The number of carbonyl (C=O) groups is 3. The predicted molar refractivity (Wildman–Crippen MR) is 83.5 cm³/mol. The predicted octanol–water partition coefficient (Wildman–Crippen LogP) is 2.35. The van der Waals surface area contributed by atoms with Crippen molar-refractivity contribution in [2.75, 3.05) is 12.4 Å². The summed E-state index contributed by atoms with van der Waals surface area (Å²) >= 11 is 0. The second-order valence-corrected chi connectivity index (χ2v) is 4.75. The van der Waals surface area contributed by atoms with E-state index in [9.17, 15) is 14.4 Å². The van der Waals surface area contributed by atoms with E-state index in [0.717, 1.165) is 0 Å². The molecule has 0 aliphatic rings. The number of carbonyl (C=O) groups excluding carboxylic acids is 2. The standard InChI is InChI=1S/C17H15NO5/c1-23-17(22)12-7-8-14(13(9-12)10-15(19)20)18-16(21)11-5-3-2-4-6-11/h2-9H,10H2,1H3,(H,18,21)(H,19,20). The first-order valence-electron chi connectivity index (χ1n) is 6.80. The van der Waals surface area contributed by atoms with Gasteiger partial charge in [-0.1, -0.05) is 18.2 Å². The van der Waals surface area contributed by atoms with Crippen molar-refractivity contribution in [3.8, 4) is 0 Å². The zero-order valence-corrected chi connectivity index (χ0v) is 12.4. The number of carboxylic acids is 1. The number of hydrogen-bond acceptors (Lipinski definition) is 4. The molecular formula is C17H15NO5. The Kier molecular flexibility index (Phi) is 5.09. The molecule has 0 saturated carbocycles. The van der Waals surface area contributed by atoms with Crippen molar-refractivity contribution in [1.29, 1.82) is 0 Å². The van der Waals surface area contributed by atoms with Gasteiger partial charge in [-0.15, -0.1) is 0 Å². The highest BCUT2D eigenvalue weighted by molar-refractivity contribution is 6.05. The number of benzene rings is 2. The van der Waals surface area contributed by atoms with Crippen LogP contribution in [0.2, 0.25) is 0 Å². The van der Waals surface area contributed by atoms with Crippen LogP contribution in [0, 0.1) is 0 Å². The van der Waals surface area contributed by atoms with Crippen molar-refractivity contribution in [3.05, 3.63) is 65.2 Å².